The predicted octanol–water partition coefficient (Wildman–Crippen LogP) is -0.103. The van der Waals surface area contributed by atoms with Gasteiger partial charge in [-0.3, -0.25) is 0 Å². The molecule has 0 aliphatic carbocycles. The standard InChI is InChI=1S/Ag.Ca.Fe.H3P.2H/h;;;1H3;;/q;+2;;;2*-1. The Labute approximate surface area is 88.4 Å². The summed E-state index contributed by atoms with van der Waals surface area (Å²) in [6, 6.07) is 0. The van der Waals surface area contributed by atoms with Gasteiger partial charge in [-0.1, -0.05) is 0 Å². The molecule has 0 saturated carbocycles. The Morgan fingerprint density at radius 1 is 1.25 bits per heavy atom. The van der Waals surface area contributed by atoms with E-state index < -0.39 is 0 Å². The van der Waals surface area contributed by atoms with E-state index in [1.165, 1.54) is 0 Å². The summed E-state index contributed by atoms with van der Waals surface area (Å²) in [7, 11) is 0. The third-order valence-electron chi connectivity index (χ3n) is 0. The minimum atomic E-state index is 0. The van der Waals surface area contributed by atoms with Gasteiger partial charge in [0.05, 0.1) is 0 Å². The average Bonchev–Trinajstić information content (AvgIpc) is 0. The van der Waals surface area contributed by atoms with Crippen LogP contribution in [0, 0.1) is 0 Å². The summed E-state index contributed by atoms with van der Waals surface area (Å²) in [5.41, 5.74) is 0. The van der Waals surface area contributed by atoms with Gasteiger partial charge in [-0.2, -0.15) is 9.90 Å². The third kappa shape index (κ3) is 8.87. The normalized spacial score (nSPS) is 0. The van der Waals surface area contributed by atoms with Crippen molar-refractivity contribution in [2.45, 2.75) is 0 Å². The molecule has 0 heterocycles. The first kappa shape index (κ1) is 28.3. The summed E-state index contributed by atoms with van der Waals surface area (Å²) in [5.74, 6) is 0. The molecule has 1 radical (unpaired) electrons. The van der Waals surface area contributed by atoms with E-state index in [1.54, 1.807) is 0 Å². The molecule has 1 unspecified atom stereocenters. The Morgan fingerprint density at radius 3 is 1.25 bits per heavy atom. The third-order valence-corrected chi connectivity index (χ3v) is 0. The second-order valence-electron chi connectivity index (χ2n) is 0. The monoisotopic (exact) mass is 239 g/mol. The van der Waals surface area contributed by atoms with Crippen LogP contribution in [0.3, 0.4) is 0 Å². The maximum atomic E-state index is 0. The predicted molar refractivity (Wildman–Crippen MR) is 19.1 cm³/mol. The first-order chi connectivity index (χ1) is 0. The van der Waals surface area contributed by atoms with Crippen LogP contribution in [0.5, 0.6) is 0 Å². The van der Waals surface area contributed by atoms with Crippen molar-refractivity contribution in [3.8, 4) is 0 Å². The van der Waals surface area contributed by atoms with E-state index in [2.05, 4.69) is 0 Å². The fourth-order valence-corrected chi connectivity index (χ4v) is 0. The van der Waals surface area contributed by atoms with Gasteiger partial charge in [-0.05, 0) is 0 Å². The van der Waals surface area contributed by atoms with Crippen LogP contribution in [0.25, 0.3) is 0 Å². The minimum absolute atomic E-state index is 0. The Balaban J connectivity index is 0. The van der Waals surface area contributed by atoms with Crippen molar-refractivity contribution in [1.82, 2.24) is 0 Å². The number of rotatable bonds is 0. The molecule has 0 spiro atoms. The Kier molecular flexibility index (Phi) is 118. The van der Waals surface area contributed by atoms with Crippen LogP contribution in [-0.2, 0) is 39.4 Å². The topological polar surface area (TPSA) is 0 Å². The fraction of sp³-hybridized carbons (Fsp3) is 0. The molecule has 31 valence electrons. The van der Waals surface area contributed by atoms with Crippen LogP contribution in [0.4, 0.5) is 0 Å². The van der Waals surface area contributed by atoms with Gasteiger partial charge in [0.15, 0.2) is 0 Å². The van der Waals surface area contributed by atoms with Gasteiger partial charge in [-0.25, -0.2) is 0 Å². The van der Waals surface area contributed by atoms with Crippen LogP contribution in [0.15, 0.2) is 0 Å². The van der Waals surface area contributed by atoms with E-state index >= 15 is 0 Å². The molecule has 0 aliphatic rings. The molecule has 0 aliphatic heterocycles. The van der Waals surface area contributed by atoms with E-state index in [4.69, 9.17) is 0 Å². The molecule has 0 aromatic rings. The van der Waals surface area contributed by atoms with E-state index in [1.807, 2.05) is 0 Å². The molecule has 0 amide bonds. The maximum absolute atomic E-state index is 0. The Hall–Kier alpha value is 2.95. The summed E-state index contributed by atoms with van der Waals surface area (Å²) in [6.45, 7) is 0. The van der Waals surface area contributed by atoms with Gasteiger partial charge in [0, 0.05) is 39.4 Å². The van der Waals surface area contributed by atoms with Crippen LogP contribution >= 0.6 is 9.90 Å². The van der Waals surface area contributed by atoms with E-state index in [0.29, 0.717) is 0 Å². The van der Waals surface area contributed by atoms with Crippen molar-refractivity contribution < 1.29 is 42.3 Å². The molecular weight excluding hydrogens is 235 g/mol. The molecule has 0 bridgehead atoms. The summed E-state index contributed by atoms with van der Waals surface area (Å²) >= 11 is 0. The van der Waals surface area contributed by atoms with Crippen molar-refractivity contribution in [3.63, 3.8) is 0 Å². The zero-order chi connectivity index (χ0) is 0. The van der Waals surface area contributed by atoms with Crippen molar-refractivity contribution in [2.24, 2.45) is 0 Å². The quantitative estimate of drug-likeness (QED) is 0.409. The first-order valence-corrected chi connectivity index (χ1v) is 0. The van der Waals surface area contributed by atoms with E-state index in [-0.39, 0.29) is 89.9 Å². The first-order valence-electron chi connectivity index (χ1n) is 0. The molecule has 0 aromatic carbocycles. The van der Waals surface area contributed by atoms with Gasteiger partial charge in [0.2, 0.25) is 0 Å². The fourth-order valence-electron chi connectivity index (χ4n) is 0. The van der Waals surface area contributed by atoms with Crippen LogP contribution in [0.2, 0.25) is 0 Å². The Bertz CT molecular complexity index is 13.5. The Morgan fingerprint density at radius 2 is 1.25 bits per heavy atom. The van der Waals surface area contributed by atoms with Crippen molar-refractivity contribution >= 4 is 47.6 Å². The summed E-state index contributed by atoms with van der Waals surface area (Å²) in [4.78, 5) is 0. The van der Waals surface area contributed by atoms with Crippen LogP contribution in [-0.4, -0.2) is 37.7 Å². The minimum Gasteiger partial charge on any atom is -1.00 e. The number of hydrogen-bond acceptors (Lipinski definition) is 0. The van der Waals surface area contributed by atoms with Gasteiger partial charge in [0.25, 0.3) is 0 Å². The molecule has 4 heteroatoms. The molecule has 0 nitrogen and oxygen atoms in total. The average molecular weight is 240 g/mol. The second kappa shape index (κ2) is 16.8. The zero-order valence-corrected chi connectivity index (χ0v) is 8.28. The maximum Gasteiger partial charge on any atom is 2.00 e. The van der Waals surface area contributed by atoms with Crippen molar-refractivity contribution in [3.05, 3.63) is 0 Å². The summed E-state index contributed by atoms with van der Waals surface area (Å²) < 4.78 is 0. The summed E-state index contributed by atoms with van der Waals surface area (Å²) in [5, 5.41) is 0. The molecule has 0 N–H and O–H groups in total. The van der Waals surface area contributed by atoms with E-state index in [9.17, 15) is 0 Å². The largest absolute Gasteiger partial charge is 2.00 e. The van der Waals surface area contributed by atoms with Gasteiger partial charge >= 0.3 is 37.7 Å². The van der Waals surface area contributed by atoms with Crippen molar-refractivity contribution in [2.75, 3.05) is 0 Å². The van der Waals surface area contributed by atoms with Crippen LogP contribution in [0.1, 0.15) is 2.85 Å². The molecule has 0 fully saturated rings. The smallest absolute Gasteiger partial charge is 1.00 e. The van der Waals surface area contributed by atoms with Gasteiger partial charge in [-0.15, -0.1) is 0 Å². The second-order valence-corrected chi connectivity index (χ2v) is 0. The van der Waals surface area contributed by atoms with Gasteiger partial charge < -0.3 is 2.85 Å². The van der Waals surface area contributed by atoms with Gasteiger partial charge in [0.1, 0.15) is 0 Å². The SMILES string of the molecule is P.[Ag].[Ca+2].[Fe].[H-].[H-]. The summed E-state index contributed by atoms with van der Waals surface area (Å²) in [6.07, 6.45) is 0. The molecule has 0 saturated heterocycles. The molecular formula is H5AgCaFeP. The van der Waals surface area contributed by atoms with Crippen molar-refractivity contribution in [1.29, 1.82) is 0 Å². The number of hydrogen-bond donors (Lipinski definition) is 0. The molecule has 1 atom stereocenters. The molecule has 0 rings (SSSR count). The van der Waals surface area contributed by atoms with Crippen LogP contribution < -0.4 is 0 Å². The van der Waals surface area contributed by atoms with E-state index in [0.717, 1.165) is 0 Å². The zero-order valence-electron chi connectivity index (χ0n) is 4.07. The molecule has 0 aromatic heterocycles. The molecule has 4 heavy (non-hydrogen) atoms.